The van der Waals surface area contributed by atoms with Crippen molar-refractivity contribution in [2.75, 3.05) is 5.32 Å². The van der Waals surface area contributed by atoms with Gasteiger partial charge in [-0.05, 0) is 37.3 Å². The van der Waals surface area contributed by atoms with Crippen LogP contribution in [0.15, 0.2) is 47.1 Å². The largest absolute Gasteiger partial charge is 0.379 e. The minimum atomic E-state index is 0.858. The summed E-state index contributed by atoms with van der Waals surface area (Å²) in [4.78, 5) is 0. The summed E-state index contributed by atoms with van der Waals surface area (Å²) in [6, 6.07) is 12.4. The summed E-state index contributed by atoms with van der Waals surface area (Å²) in [5.41, 5.74) is 2.45. The number of anilines is 1. The highest BCUT2D eigenvalue weighted by Gasteiger charge is 1.99. The predicted molar refractivity (Wildman–Crippen MR) is 71.6 cm³/mol. The number of hydrogen-bond acceptors (Lipinski definition) is 1. The van der Waals surface area contributed by atoms with Gasteiger partial charge in [0.05, 0.1) is 6.54 Å². The zero-order valence-electron chi connectivity index (χ0n) is 9.28. The van der Waals surface area contributed by atoms with E-state index in [-0.39, 0.29) is 0 Å². The van der Waals surface area contributed by atoms with E-state index in [4.69, 9.17) is 0 Å². The van der Waals surface area contributed by atoms with Gasteiger partial charge in [0.2, 0.25) is 0 Å². The van der Waals surface area contributed by atoms with Crippen LogP contribution < -0.4 is 5.32 Å². The Balaban J connectivity index is 2.02. The highest BCUT2D eigenvalue weighted by atomic mass is 79.9. The van der Waals surface area contributed by atoms with Crippen LogP contribution in [0.1, 0.15) is 12.6 Å². The van der Waals surface area contributed by atoms with E-state index in [9.17, 15) is 0 Å². The molecule has 0 fully saturated rings. The Morgan fingerprint density at radius 2 is 2.12 bits per heavy atom. The number of halogens is 1. The fourth-order valence-electron chi connectivity index (χ4n) is 1.71. The van der Waals surface area contributed by atoms with Crippen LogP contribution in [0.2, 0.25) is 0 Å². The predicted octanol–water partition coefficient (Wildman–Crippen LogP) is 3.88. The molecule has 1 aromatic heterocycles. The van der Waals surface area contributed by atoms with Crippen molar-refractivity contribution < 1.29 is 0 Å². The smallest absolute Gasteiger partial charge is 0.0553 e. The first kappa shape index (κ1) is 11.3. The Hall–Kier alpha value is -1.22. The van der Waals surface area contributed by atoms with E-state index in [2.05, 4.69) is 63.2 Å². The first-order chi connectivity index (χ1) is 7.79. The molecule has 84 valence electrons. The molecule has 1 aromatic carbocycles. The van der Waals surface area contributed by atoms with Crippen molar-refractivity contribution in [2.24, 2.45) is 0 Å². The monoisotopic (exact) mass is 278 g/mol. The maximum absolute atomic E-state index is 3.46. The Bertz CT molecular complexity index is 462. The molecular formula is C13H15BrN2. The maximum Gasteiger partial charge on any atom is 0.0553 e. The third-order valence-electron chi connectivity index (χ3n) is 2.56. The van der Waals surface area contributed by atoms with Gasteiger partial charge in [0.1, 0.15) is 0 Å². The van der Waals surface area contributed by atoms with E-state index in [0.29, 0.717) is 0 Å². The lowest BCUT2D eigenvalue weighted by Crippen LogP contribution is -2.05. The fourth-order valence-corrected chi connectivity index (χ4v) is 2.11. The van der Waals surface area contributed by atoms with E-state index in [0.717, 1.165) is 23.2 Å². The molecule has 1 heterocycles. The van der Waals surface area contributed by atoms with Crippen LogP contribution in [0.25, 0.3) is 0 Å². The summed E-state index contributed by atoms with van der Waals surface area (Å²) in [6.07, 6.45) is 2.11. The molecule has 2 rings (SSSR count). The van der Waals surface area contributed by atoms with Crippen LogP contribution >= 0.6 is 15.9 Å². The number of hydrogen-bond donors (Lipinski definition) is 1. The summed E-state index contributed by atoms with van der Waals surface area (Å²) in [5, 5.41) is 3.41. The Kier molecular flexibility index (Phi) is 3.67. The number of rotatable bonds is 4. The number of aryl methyl sites for hydroxylation is 1. The molecule has 0 atom stereocenters. The normalized spacial score (nSPS) is 10.4. The van der Waals surface area contributed by atoms with Gasteiger partial charge in [-0.3, -0.25) is 0 Å². The first-order valence-corrected chi connectivity index (χ1v) is 6.22. The topological polar surface area (TPSA) is 17.0 Å². The van der Waals surface area contributed by atoms with Crippen molar-refractivity contribution in [3.05, 3.63) is 52.8 Å². The molecule has 0 aliphatic heterocycles. The summed E-state index contributed by atoms with van der Waals surface area (Å²) in [7, 11) is 0. The van der Waals surface area contributed by atoms with Gasteiger partial charge in [-0.25, -0.2) is 0 Å². The van der Waals surface area contributed by atoms with Crippen molar-refractivity contribution in [3.8, 4) is 0 Å². The molecule has 0 radical (unpaired) electrons. The Morgan fingerprint density at radius 3 is 2.88 bits per heavy atom. The molecule has 0 aliphatic rings. The van der Waals surface area contributed by atoms with E-state index >= 15 is 0 Å². The zero-order chi connectivity index (χ0) is 11.4. The average Bonchev–Trinajstić information content (AvgIpc) is 2.74. The Labute approximate surface area is 104 Å². The average molecular weight is 279 g/mol. The third kappa shape index (κ3) is 2.67. The molecule has 2 aromatic rings. The minimum Gasteiger partial charge on any atom is -0.379 e. The van der Waals surface area contributed by atoms with Crippen molar-refractivity contribution in [1.29, 1.82) is 0 Å². The number of aromatic nitrogens is 1. The van der Waals surface area contributed by atoms with Gasteiger partial charge in [-0.1, -0.05) is 22.0 Å². The van der Waals surface area contributed by atoms with Gasteiger partial charge in [-0.15, -0.1) is 0 Å². The second kappa shape index (κ2) is 5.21. The summed E-state index contributed by atoms with van der Waals surface area (Å²) >= 11 is 3.46. The molecule has 0 saturated heterocycles. The lowest BCUT2D eigenvalue weighted by molar-refractivity contribution is 0.724. The molecule has 0 saturated carbocycles. The molecule has 0 aliphatic carbocycles. The van der Waals surface area contributed by atoms with Crippen molar-refractivity contribution in [3.63, 3.8) is 0 Å². The second-order valence-corrected chi connectivity index (χ2v) is 4.57. The molecule has 0 amide bonds. The van der Waals surface area contributed by atoms with Crippen molar-refractivity contribution in [1.82, 2.24) is 4.57 Å². The lowest BCUT2D eigenvalue weighted by atomic mass is 10.3. The number of nitrogens with zero attached hydrogens (tertiary/aromatic N) is 1. The molecule has 3 heteroatoms. The van der Waals surface area contributed by atoms with Crippen molar-refractivity contribution in [2.45, 2.75) is 20.0 Å². The maximum atomic E-state index is 3.46. The van der Waals surface area contributed by atoms with Gasteiger partial charge in [0, 0.05) is 28.6 Å². The first-order valence-electron chi connectivity index (χ1n) is 5.43. The van der Waals surface area contributed by atoms with E-state index in [1.165, 1.54) is 5.69 Å². The van der Waals surface area contributed by atoms with Crippen LogP contribution in [0.3, 0.4) is 0 Å². The molecule has 2 nitrogen and oxygen atoms in total. The molecule has 0 unspecified atom stereocenters. The number of benzene rings is 1. The fraction of sp³-hybridized carbons (Fsp3) is 0.231. The third-order valence-corrected chi connectivity index (χ3v) is 3.06. The van der Waals surface area contributed by atoms with Gasteiger partial charge in [-0.2, -0.15) is 0 Å². The van der Waals surface area contributed by atoms with Crippen LogP contribution in [-0.4, -0.2) is 4.57 Å². The van der Waals surface area contributed by atoms with Crippen LogP contribution in [0.4, 0.5) is 5.69 Å². The van der Waals surface area contributed by atoms with Crippen LogP contribution in [0.5, 0.6) is 0 Å². The molecule has 16 heavy (non-hydrogen) atoms. The minimum absolute atomic E-state index is 0.858. The standard InChI is InChI=1S/C13H15BrN2/c1-2-16-8-4-7-13(16)10-15-12-6-3-5-11(14)9-12/h3-9,15H,2,10H2,1H3. The highest BCUT2D eigenvalue weighted by Crippen LogP contribution is 2.16. The lowest BCUT2D eigenvalue weighted by Gasteiger charge is -2.09. The van der Waals surface area contributed by atoms with Crippen LogP contribution in [-0.2, 0) is 13.1 Å². The van der Waals surface area contributed by atoms with Gasteiger partial charge < -0.3 is 9.88 Å². The van der Waals surface area contributed by atoms with Gasteiger partial charge in [0.25, 0.3) is 0 Å². The molecule has 0 spiro atoms. The highest BCUT2D eigenvalue weighted by molar-refractivity contribution is 9.10. The molecule has 0 bridgehead atoms. The second-order valence-electron chi connectivity index (χ2n) is 3.65. The summed E-state index contributed by atoms with van der Waals surface area (Å²) < 4.78 is 3.34. The SMILES string of the molecule is CCn1cccc1CNc1cccc(Br)c1. The van der Waals surface area contributed by atoms with E-state index in [1.54, 1.807) is 0 Å². The molecular weight excluding hydrogens is 264 g/mol. The zero-order valence-corrected chi connectivity index (χ0v) is 10.9. The van der Waals surface area contributed by atoms with Gasteiger partial charge in [0.15, 0.2) is 0 Å². The molecule has 1 N–H and O–H groups in total. The van der Waals surface area contributed by atoms with Crippen molar-refractivity contribution >= 4 is 21.6 Å². The van der Waals surface area contributed by atoms with Crippen LogP contribution in [0, 0.1) is 0 Å². The van der Waals surface area contributed by atoms with E-state index < -0.39 is 0 Å². The number of nitrogens with one attached hydrogen (secondary N) is 1. The summed E-state index contributed by atoms with van der Waals surface area (Å²) in [5.74, 6) is 0. The summed E-state index contributed by atoms with van der Waals surface area (Å²) in [6.45, 7) is 4.03. The van der Waals surface area contributed by atoms with Gasteiger partial charge >= 0.3 is 0 Å². The Morgan fingerprint density at radius 1 is 1.25 bits per heavy atom. The van der Waals surface area contributed by atoms with E-state index in [1.807, 2.05) is 12.1 Å². The quantitative estimate of drug-likeness (QED) is 0.898.